The molecule has 7 nitrogen and oxygen atoms in total. The maximum Gasteiger partial charge on any atom is 0.223 e. The molecule has 1 unspecified atom stereocenters. The minimum Gasteiger partial charge on any atom is -0.370 e. The van der Waals surface area contributed by atoms with Crippen LogP contribution in [0.25, 0.3) is 0 Å². The Morgan fingerprint density at radius 2 is 1.59 bits per heavy atom. The van der Waals surface area contributed by atoms with E-state index in [-0.39, 0.29) is 18.7 Å². The first-order valence-corrected chi connectivity index (χ1v) is 14.8. The number of nitrogens with one attached hydrogen (secondary N) is 2. The number of anilines is 2. The second-order valence-electron chi connectivity index (χ2n) is 9.27. The van der Waals surface area contributed by atoms with Gasteiger partial charge in [-0.2, -0.15) is 0 Å². The molecule has 0 aliphatic heterocycles. The molecular weight excluding hydrogens is 484 g/mol. The van der Waals surface area contributed by atoms with Gasteiger partial charge in [-0.25, -0.2) is 15.0 Å². The Labute approximate surface area is 241 Å². The molecule has 0 aromatic carbocycles. The molecule has 1 saturated carbocycles. The Morgan fingerprint density at radius 1 is 0.974 bits per heavy atom. The molecule has 39 heavy (non-hydrogen) atoms. The summed E-state index contributed by atoms with van der Waals surface area (Å²) in [4.78, 5) is 23.0. The first kappa shape index (κ1) is 40.8. The van der Waals surface area contributed by atoms with E-state index in [1.54, 1.807) is 0 Å². The number of hydrogen-bond donors (Lipinski definition) is 3. The highest BCUT2D eigenvalue weighted by Crippen LogP contribution is 2.44. The van der Waals surface area contributed by atoms with Crippen LogP contribution in [0.1, 0.15) is 120 Å². The van der Waals surface area contributed by atoms with Gasteiger partial charge in [0, 0.05) is 37.1 Å². The minimum atomic E-state index is -0.146. The van der Waals surface area contributed by atoms with Gasteiger partial charge in [0.15, 0.2) is 0 Å². The molecule has 2 aromatic heterocycles. The van der Waals surface area contributed by atoms with Crippen molar-refractivity contribution in [2.45, 2.75) is 121 Å². The van der Waals surface area contributed by atoms with Crippen LogP contribution in [0, 0.1) is 11.3 Å². The summed E-state index contributed by atoms with van der Waals surface area (Å²) in [6.45, 7) is 20.7. The van der Waals surface area contributed by atoms with E-state index in [1.165, 1.54) is 37.7 Å². The summed E-state index contributed by atoms with van der Waals surface area (Å²) in [5.41, 5.74) is 6.06. The summed E-state index contributed by atoms with van der Waals surface area (Å²) < 4.78 is 0. The van der Waals surface area contributed by atoms with Gasteiger partial charge in [0.05, 0.1) is 0 Å². The van der Waals surface area contributed by atoms with E-state index in [0.717, 1.165) is 50.0 Å². The summed E-state index contributed by atoms with van der Waals surface area (Å²) in [6.07, 6.45) is 14.8. The van der Waals surface area contributed by atoms with Gasteiger partial charge in [0.2, 0.25) is 11.9 Å². The number of carbonyl (C=O) groups is 1. The summed E-state index contributed by atoms with van der Waals surface area (Å²) >= 11 is 0. The zero-order valence-electron chi connectivity index (χ0n) is 25.9. The van der Waals surface area contributed by atoms with Crippen LogP contribution >= 0.6 is 0 Å². The van der Waals surface area contributed by atoms with Crippen molar-refractivity contribution in [2.24, 2.45) is 17.1 Å². The van der Waals surface area contributed by atoms with E-state index in [2.05, 4.69) is 53.3 Å². The van der Waals surface area contributed by atoms with Gasteiger partial charge in [0.1, 0.15) is 5.82 Å². The monoisotopic (exact) mass is 546 g/mol. The number of nitrogens with zero attached hydrogens (tertiary/aromatic N) is 3. The number of nitrogens with two attached hydrogens (primary N) is 1. The number of aryl methyl sites for hydroxylation is 1. The SMILES string of the molecule is C.CC.CC.CC1(C(N)=O)CC1.CCCCCNc1ccccn1.CCc1cnc(NCCC(C)CC)nc1. The number of rotatable bonds is 12. The number of aromatic nitrogens is 3. The molecule has 1 amide bonds. The Balaban J connectivity index is -0.000000483. The summed E-state index contributed by atoms with van der Waals surface area (Å²) in [5, 5.41) is 6.51. The van der Waals surface area contributed by atoms with E-state index < -0.39 is 0 Å². The molecule has 0 radical (unpaired) electrons. The zero-order valence-corrected chi connectivity index (χ0v) is 25.9. The third-order valence-corrected chi connectivity index (χ3v) is 6.08. The number of pyridine rings is 1. The first-order chi connectivity index (χ1) is 18.3. The Kier molecular flexibility index (Phi) is 28.1. The number of primary amides is 1. The molecule has 0 saturated heterocycles. The van der Waals surface area contributed by atoms with Gasteiger partial charge < -0.3 is 16.4 Å². The van der Waals surface area contributed by atoms with Gasteiger partial charge in [-0.1, -0.05) is 95.1 Å². The van der Waals surface area contributed by atoms with Gasteiger partial charge in [-0.3, -0.25) is 4.79 Å². The molecule has 2 heterocycles. The molecule has 7 heteroatoms. The number of hydrogen-bond acceptors (Lipinski definition) is 6. The average molecular weight is 547 g/mol. The fourth-order valence-electron chi connectivity index (χ4n) is 2.76. The molecule has 2 aromatic rings. The summed E-state index contributed by atoms with van der Waals surface area (Å²) in [5.74, 6) is 2.35. The van der Waals surface area contributed by atoms with E-state index in [4.69, 9.17) is 5.73 Å². The second kappa shape index (κ2) is 26.9. The smallest absolute Gasteiger partial charge is 0.223 e. The molecule has 1 aliphatic rings. The van der Waals surface area contributed by atoms with Crippen LogP contribution in [-0.4, -0.2) is 33.9 Å². The lowest BCUT2D eigenvalue weighted by Gasteiger charge is -2.09. The standard InChI is InChI=1S/C12H21N3.C10H16N2.C5H9NO.2C2H6.CH4/c1-4-10(3)6-7-13-12-14-8-11(5-2)9-15-12;1-2-3-5-8-11-10-7-4-6-9-12-10;1-5(2-3-5)4(6)7;2*1-2;/h8-10H,4-7H2,1-3H3,(H,13,14,15);4,6-7,9H,2-3,5,8H2,1H3,(H,11,12);2-3H2,1H3,(H2,6,7);2*1-2H3;1H4. The lowest BCUT2D eigenvalue weighted by atomic mass is 10.1. The fourth-order valence-corrected chi connectivity index (χ4v) is 2.76. The third kappa shape index (κ3) is 21.9. The molecule has 226 valence electrons. The average Bonchev–Trinajstić information content (AvgIpc) is 3.73. The number of unbranched alkanes of at least 4 members (excludes halogenated alkanes) is 2. The second-order valence-corrected chi connectivity index (χ2v) is 9.27. The molecular formula is C32H62N6O. The van der Waals surface area contributed by atoms with Crippen LogP contribution < -0.4 is 16.4 Å². The predicted molar refractivity (Wildman–Crippen MR) is 172 cm³/mol. The van der Waals surface area contributed by atoms with Crippen molar-refractivity contribution in [1.82, 2.24) is 15.0 Å². The largest absolute Gasteiger partial charge is 0.370 e. The van der Waals surface area contributed by atoms with Crippen LogP contribution in [0.2, 0.25) is 0 Å². The van der Waals surface area contributed by atoms with Crippen molar-refractivity contribution in [3.63, 3.8) is 0 Å². The lowest BCUT2D eigenvalue weighted by Crippen LogP contribution is -2.21. The van der Waals surface area contributed by atoms with Crippen LogP contribution in [0.5, 0.6) is 0 Å². The quantitative estimate of drug-likeness (QED) is 0.230. The van der Waals surface area contributed by atoms with E-state index in [1.807, 2.05) is 71.4 Å². The molecule has 0 spiro atoms. The van der Waals surface area contributed by atoms with Crippen molar-refractivity contribution in [3.05, 3.63) is 42.4 Å². The van der Waals surface area contributed by atoms with Crippen LogP contribution in [-0.2, 0) is 11.2 Å². The van der Waals surface area contributed by atoms with E-state index in [0.29, 0.717) is 0 Å². The molecule has 0 bridgehead atoms. The van der Waals surface area contributed by atoms with Gasteiger partial charge in [-0.15, -0.1) is 0 Å². The first-order valence-electron chi connectivity index (χ1n) is 14.8. The Bertz CT molecular complexity index is 779. The fraction of sp³-hybridized carbons (Fsp3) is 0.688. The summed E-state index contributed by atoms with van der Waals surface area (Å²) in [7, 11) is 0. The van der Waals surface area contributed by atoms with E-state index in [9.17, 15) is 4.79 Å². The molecule has 4 N–H and O–H groups in total. The van der Waals surface area contributed by atoms with Gasteiger partial charge in [-0.05, 0) is 55.7 Å². The van der Waals surface area contributed by atoms with Crippen molar-refractivity contribution in [1.29, 1.82) is 0 Å². The topological polar surface area (TPSA) is 106 Å². The van der Waals surface area contributed by atoms with Crippen LogP contribution in [0.4, 0.5) is 11.8 Å². The van der Waals surface area contributed by atoms with Crippen molar-refractivity contribution < 1.29 is 4.79 Å². The van der Waals surface area contributed by atoms with Crippen LogP contribution in [0.15, 0.2) is 36.8 Å². The number of amides is 1. The summed E-state index contributed by atoms with van der Waals surface area (Å²) in [6, 6.07) is 5.92. The lowest BCUT2D eigenvalue weighted by molar-refractivity contribution is -0.122. The molecule has 1 atom stereocenters. The molecule has 1 fully saturated rings. The van der Waals surface area contributed by atoms with Gasteiger partial charge >= 0.3 is 0 Å². The normalized spacial score (nSPS) is 12.4. The van der Waals surface area contributed by atoms with Crippen molar-refractivity contribution >= 4 is 17.7 Å². The third-order valence-electron chi connectivity index (χ3n) is 6.08. The maximum absolute atomic E-state index is 10.3. The predicted octanol–water partition coefficient (Wildman–Crippen LogP) is 8.53. The Morgan fingerprint density at radius 3 is 2.00 bits per heavy atom. The maximum atomic E-state index is 10.3. The zero-order chi connectivity index (χ0) is 29.2. The van der Waals surface area contributed by atoms with Crippen molar-refractivity contribution in [3.8, 4) is 0 Å². The van der Waals surface area contributed by atoms with Crippen LogP contribution in [0.3, 0.4) is 0 Å². The highest BCUT2D eigenvalue weighted by molar-refractivity contribution is 5.82. The minimum absolute atomic E-state index is 0. The van der Waals surface area contributed by atoms with Crippen molar-refractivity contribution in [2.75, 3.05) is 23.7 Å². The van der Waals surface area contributed by atoms with Gasteiger partial charge in [0.25, 0.3) is 0 Å². The highest BCUT2D eigenvalue weighted by Gasteiger charge is 2.43. The van der Waals surface area contributed by atoms with E-state index >= 15 is 0 Å². The number of carbonyl (C=O) groups excluding carboxylic acids is 1. The Hall–Kier alpha value is -2.70. The molecule has 1 aliphatic carbocycles. The molecule has 3 rings (SSSR count). The highest BCUT2D eigenvalue weighted by atomic mass is 16.1.